The molecule has 1 aliphatic carbocycles. The summed E-state index contributed by atoms with van der Waals surface area (Å²) in [4.78, 5) is 20.6. The van der Waals surface area contributed by atoms with Gasteiger partial charge in [-0.3, -0.25) is 4.79 Å². The molecule has 1 fully saturated rings. The number of carboxylic acids is 1. The number of aliphatic carboxylic acids is 1. The van der Waals surface area contributed by atoms with Crippen LogP contribution < -0.4 is 4.74 Å². The maximum atomic E-state index is 11.4. The molecule has 0 aliphatic heterocycles. The fourth-order valence-corrected chi connectivity index (χ4v) is 4.55. The Hall–Kier alpha value is -4.08. The number of hydrogen-bond acceptors (Lipinski definition) is 7. The van der Waals surface area contributed by atoms with Crippen molar-refractivity contribution in [3.05, 3.63) is 60.2 Å². The normalized spacial score (nSPS) is 17.9. The third-order valence-corrected chi connectivity index (χ3v) is 6.44. The van der Waals surface area contributed by atoms with Crippen molar-refractivity contribution >= 4 is 5.97 Å². The lowest BCUT2D eigenvalue weighted by Gasteiger charge is -2.27. The predicted octanol–water partition coefficient (Wildman–Crippen LogP) is 3.51. The Kier molecular flexibility index (Phi) is 6.26. The van der Waals surface area contributed by atoms with Gasteiger partial charge in [0, 0.05) is 12.6 Å². The molecule has 4 aromatic rings. The van der Waals surface area contributed by atoms with Gasteiger partial charge in [0.05, 0.1) is 35.6 Å². The highest BCUT2D eigenvalue weighted by Crippen LogP contribution is 2.30. The van der Waals surface area contributed by atoms with Gasteiger partial charge in [0.1, 0.15) is 17.8 Å². The third kappa shape index (κ3) is 4.77. The van der Waals surface area contributed by atoms with E-state index in [0.717, 1.165) is 35.6 Å². The molecule has 0 amide bonds. The van der Waals surface area contributed by atoms with Gasteiger partial charge in [-0.1, -0.05) is 35.5 Å². The van der Waals surface area contributed by atoms with Crippen LogP contribution in [0.3, 0.4) is 0 Å². The first-order valence-electron chi connectivity index (χ1n) is 11.7. The van der Waals surface area contributed by atoms with Crippen molar-refractivity contribution in [2.45, 2.75) is 45.3 Å². The summed E-state index contributed by atoms with van der Waals surface area (Å²) in [6.45, 7) is 2.32. The first-order valence-corrected chi connectivity index (χ1v) is 11.7. The zero-order valence-corrected chi connectivity index (χ0v) is 19.7. The minimum Gasteiger partial charge on any atom is -0.489 e. The number of carbonyl (C=O) groups is 1. The van der Waals surface area contributed by atoms with Crippen LogP contribution in [0.15, 0.2) is 48.8 Å². The van der Waals surface area contributed by atoms with E-state index in [4.69, 9.17) is 9.72 Å². The number of aryl methyl sites for hydroxylation is 2. The molecular weight excluding hydrogens is 446 g/mol. The molecule has 0 saturated heterocycles. The average molecular weight is 474 g/mol. The molecule has 0 radical (unpaired) electrons. The van der Waals surface area contributed by atoms with E-state index >= 15 is 0 Å². The fourth-order valence-electron chi connectivity index (χ4n) is 4.55. The van der Waals surface area contributed by atoms with Crippen LogP contribution in [-0.2, 0) is 18.4 Å². The van der Waals surface area contributed by atoms with Crippen molar-refractivity contribution in [1.29, 1.82) is 0 Å². The summed E-state index contributed by atoms with van der Waals surface area (Å²) >= 11 is 0. The highest BCUT2D eigenvalue weighted by molar-refractivity contribution is 5.70. The quantitative estimate of drug-likeness (QED) is 0.433. The minimum absolute atomic E-state index is 0.119. The monoisotopic (exact) mass is 473 g/mol. The Bertz CT molecular complexity index is 1330. The number of benzene rings is 1. The SMILES string of the molecule is Cc1nc(-c2nnn(C)c2Cn2ncnc2-c2ccccc2)ccc1O[C@H]1CCC[C@H](C(=O)O)C1. The second-order valence-electron chi connectivity index (χ2n) is 8.84. The molecule has 1 saturated carbocycles. The average Bonchev–Trinajstić information content (AvgIpc) is 3.48. The molecule has 35 heavy (non-hydrogen) atoms. The highest BCUT2D eigenvalue weighted by Gasteiger charge is 2.28. The summed E-state index contributed by atoms with van der Waals surface area (Å²) in [6, 6.07) is 13.6. The number of nitrogens with zero attached hydrogens (tertiary/aromatic N) is 7. The zero-order valence-electron chi connectivity index (χ0n) is 19.7. The van der Waals surface area contributed by atoms with Crippen LogP contribution in [0.25, 0.3) is 22.8 Å². The van der Waals surface area contributed by atoms with Gasteiger partial charge in [-0.2, -0.15) is 5.10 Å². The number of hydrogen-bond donors (Lipinski definition) is 1. The van der Waals surface area contributed by atoms with E-state index < -0.39 is 5.97 Å². The van der Waals surface area contributed by atoms with Crippen molar-refractivity contribution in [2.24, 2.45) is 13.0 Å². The topological polar surface area (TPSA) is 121 Å². The van der Waals surface area contributed by atoms with Crippen LogP contribution in [0.5, 0.6) is 5.75 Å². The smallest absolute Gasteiger partial charge is 0.306 e. The molecule has 0 spiro atoms. The summed E-state index contributed by atoms with van der Waals surface area (Å²) in [6.07, 6.45) is 4.35. The molecule has 180 valence electrons. The molecule has 2 atom stereocenters. The van der Waals surface area contributed by atoms with E-state index in [-0.39, 0.29) is 12.0 Å². The van der Waals surface area contributed by atoms with E-state index in [1.807, 2.05) is 61.1 Å². The van der Waals surface area contributed by atoms with E-state index in [9.17, 15) is 9.90 Å². The van der Waals surface area contributed by atoms with Crippen molar-refractivity contribution < 1.29 is 14.6 Å². The molecule has 10 nitrogen and oxygen atoms in total. The predicted molar refractivity (Wildman–Crippen MR) is 128 cm³/mol. The minimum atomic E-state index is -0.749. The Balaban J connectivity index is 1.37. The van der Waals surface area contributed by atoms with Crippen molar-refractivity contribution in [3.8, 4) is 28.5 Å². The fraction of sp³-hybridized carbons (Fsp3) is 0.360. The molecular formula is C25H27N7O3. The number of pyridine rings is 1. The maximum Gasteiger partial charge on any atom is 0.306 e. The molecule has 5 rings (SSSR count). The first-order chi connectivity index (χ1) is 17.0. The third-order valence-electron chi connectivity index (χ3n) is 6.44. The Morgan fingerprint density at radius 1 is 1.17 bits per heavy atom. The molecule has 1 N–H and O–H groups in total. The van der Waals surface area contributed by atoms with Crippen molar-refractivity contribution in [1.82, 2.24) is 34.7 Å². The maximum absolute atomic E-state index is 11.4. The standard InChI is InChI=1S/C25H27N7O3/c1-16-22(35-19-10-6-9-18(13-19)25(33)34)12-11-20(28-16)23-21(31(2)30-29-23)14-32-24(26-15-27-32)17-7-4-3-5-8-17/h3-5,7-8,11-12,15,18-19H,6,9-10,13-14H2,1-2H3,(H,33,34)/t18-,19-/m0/s1. The van der Waals surface area contributed by atoms with E-state index in [0.29, 0.717) is 36.5 Å². The largest absolute Gasteiger partial charge is 0.489 e. The molecule has 1 aliphatic rings. The molecule has 0 unspecified atom stereocenters. The summed E-state index contributed by atoms with van der Waals surface area (Å²) in [5, 5.41) is 22.4. The van der Waals surface area contributed by atoms with Crippen LogP contribution in [-0.4, -0.2) is 51.9 Å². The Morgan fingerprint density at radius 2 is 2.00 bits per heavy atom. The van der Waals surface area contributed by atoms with Gasteiger partial charge in [0.25, 0.3) is 0 Å². The van der Waals surface area contributed by atoms with Gasteiger partial charge in [0.2, 0.25) is 0 Å². The number of ether oxygens (including phenoxy) is 1. The molecule has 0 bridgehead atoms. The molecule has 1 aromatic carbocycles. The van der Waals surface area contributed by atoms with Gasteiger partial charge in [-0.05, 0) is 44.7 Å². The van der Waals surface area contributed by atoms with Gasteiger partial charge < -0.3 is 9.84 Å². The molecule has 10 heteroatoms. The zero-order chi connectivity index (χ0) is 24.4. The van der Waals surface area contributed by atoms with Gasteiger partial charge in [-0.25, -0.2) is 19.3 Å². The van der Waals surface area contributed by atoms with Gasteiger partial charge >= 0.3 is 5.97 Å². The lowest BCUT2D eigenvalue weighted by molar-refractivity contribution is -0.143. The van der Waals surface area contributed by atoms with Crippen LogP contribution in [0, 0.1) is 12.8 Å². The Morgan fingerprint density at radius 3 is 2.77 bits per heavy atom. The van der Waals surface area contributed by atoms with Crippen LogP contribution in [0.1, 0.15) is 37.1 Å². The van der Waals surface area contributed by atoms with Crippen molar-refractivity contribution in [3.63, 3.8) is 0 Å². The van der Waals surface area contributed by atoms with Crippen LogP contribution in [0.2, 0.25) is 0 Å². The van der Waals surface area contributed by atoms with E-state index in [1.165, 1.54) is 0 Å². The van der Waals surface area contributed by atoms with Crippen molar-refractivity contribution in [2.75, 3.05) is 0 Å². The summed E-state index contributed by atoms with van der Waals surface area (Å²) < 4.78 is 9.70. The summed E-state index contributed by atoms with van der Waals surface area (Å²) in [5.74, 6) is 0.332. The second kappa shape index (κ2) is 9.65. The number of carboxylic acid groups (broad SMARTS) is 1. The second-order valence-corrected chi connectivity index (χ2v) is 8.84. The van der Waals surface area contributed by atoms with Crippen LogP contribution >= 0.6 is 0 Å². The first kappa shape index (κ1) is 22.7. The Labute approximate surface area is 202 Å². The molecule has 3 aromatic heterocycles. The number of rotatable bonds is 7. The van der Waals surface area contributed by atoms with E-state index in [2.05, 4.69) is 20.4 Å². The summed E-state index contributed by atoms with van der Waals surface area (Å²) in [7, 11) is 1.84. The van der Waals surface area contributed by atoms with Gasteiger partial charge in [0.15, 0.2) is 5.82 Å². The molecule has 3 heterocycles. The lowest BCUT2D eigenvalue weighted by atomic mass is 9.87. The number of aromatic nitrogens is 7. The summed E-state index contributed by atoms with van der Waals surface area (Å²) in [5.41, 5.74) is 3.91. The highest BCUT2D eigenvalue weighted by atomic mass is 16.5. The van der Waals surface area contributed by atoms with Crippen LogP contribution in [0.4, 0.5) is 0 Å². The lowest BCUT2D eigenvalue weighted by Crippen LogP contribution is -2.29. The van der Waals surface area contributed by atoms with E-state index in [1.54, 1.807) is 11.0 Å². The van der Waals surface area contributed by atoms with Gasteiger partial charge in [-0.15, -0.1) is 5.10 Å².